The van der Waals surface area contributed by atoms with Crippen LogP contribution in [0.5, 0.6) is 0 Å². The van der Waals surface area contributed by atoms with E-state index >= 15 is 0 Å². The van der Waals surface area contributed by atoms with Crippen molar-refractivity contribution in [3.8, 4) is 0 Å². The van der Waals surface area contributed by atoms with E-state index in [4.69, 9.17) is 0 Å². The summed E-state index contributed by atoms with van der Waals surface area (Å²) in [6, 6.07) is 8.08. The Morgan fingerprint density at radius 1 is 1.10 bits per heavy atom. The molecule has 3 rings (SSSR count). The van der Waals surface area contributed by atoms with Gasteiger partial charge in [-0.05, 0) is 47.8 Å². The fourth-order valence-electron chi connectivity index (χ4n) is 2.24. The molecule has 0 atom stereocenters. The highest BCUT2D eigenvalue weighted by molar-refractivity contribution is 5.82. The summed E-state index contributed by atoms with van der Waals surface area (Å²) in [4.78, 5) is 8.13. The molecule has 2 aromatic heterocycles. The average Bonchev–Trinajstić information content (AvgIpc) is 3.00. The Balaban J connectivity index is 1.67. The number of hydrogen-bond donors (Lipinski definition) is 1. The van der Waals surface area contributed by atoms with E-state index in [-0.39, 0.29) is 0 Å². The van der Waals surface area contributed by atoms with E-state index in [9.17, 15) is 0 Å². The fourth-order valence-corrected chi connectivity index (χ4v) is 2.24. The summed E-state index contributed by atoms with van der Waals surface area (Å²) in [7, 11) is 0. The first kappa shape index (κ1) is 13.2. The summed E-state index contributed by atoms with van der Waals surface area (Å²) < 4.78 is 0. The van der Waals surface area contributed by atoms with Gasteiger partial charge in [0.1, 0.15) is 6.33 Å². The number of nitrogens with zero attached hydrogens (tertiary/aromatic N) is 3. The molecule has 1 N–H and O–H groups in total. The second-order valence-corrected chi connectivity index (χ2v) is 4.97. The van der Waals surface area contributed by atoms with Crippen molar-refractivity contribution in [1.82, 2.24) is 20.2 Å². The Bertz CT molecular complexity index is 787. The maximum absolute atomic E-state index is 4.21. The zero-order valence-electron chi connectivity index (χ0n) is 11.7. The molecule has 0 bridgehead atoms. The predicted molar refractivity (Wildman–Crippen MR) is 85.4 cm³/mol. The first-order valence-electron chi connectivity index (χ1n) is 6.79. The van der Waals surface area contributed by atoms with Crippen LogP contribution >= 0.6 is 0 Å². The van der Waals surface area contributed by atoms with Crippen LogP contribution in [0.3, 0.4) is 0 Å². The lowest BCUT2D eigenvalue weighted by atomic mass is 9.98. The Morgan fingerprint density at radius 2 is 1.95 bits per heavy atom. The molecule has 0 saturated heterocycles. The van der Waals surface area contributed by atoms with Gasteiger partial charge in [-0.25, -0.2) is 9.97 Å². The minimum atomic E-state index is 0.833. The van der Waals surface area contributed by atoms with Gasteiger partial charge in [0.15, 0.2) is 0 Å². The Kier molecular flexibility index (Phi) is 3.60. The number of hydrogen-bond acceptors (Lipinski definition) is 3. The van der Waals surface area contributed by atoms with Crippen LogP contribution in [0.25, 0.3) is 22.0 Å². The van der Waals surface area contributed by atoms with Crippen LogP contribution in [0, 0.1) is 0 Å². The molecule has 1 aromatic carbocycles. The van der Waals surface area contributed by atoms with Crippen molar-refractivity contribution < 1.29 is 0 Å². The van der Waals surface area contributed by atoms with Crippen molar-refractivity contribution in [2.45, 2.75) is 12.8 Å². The van der Waals surface area contributed by atoms with Crippen LogP contribution < -0.4 is 0 Å². The molecular weight excluding hydrogens is 260 g/mol. The molecular formula is C17H16N4. The van der Waals surface area contributed by atoms with Crippen molar-refractivity contribution in [3.63, 3.8) is 0 Å². The van der Waals surface area contributed by atoms with Gasteiger partial charge in [-0.2, -0.15) is 5.10 Å². The lowest BCUT2D eigenvalue weighted by Crippen LogP contribution is -1.90. The zero-order chi connectivity index (χ0) is 14.7. The molecule has 0 spiro atoms. The lowest BCUT2D eigenvalue weighted by Gasteiger charge is -2.08. The van der Waals surface area contributed by atoms with E-state index in [1.807, 2.05) is 18.3 Å². The highest BCUT2D eigenvalue weighted by Crippen LogP contribution is 2.25. The number of aromatic nitrogens is 4. The Morgan fingerprint density at radius 3 is 2.76 bits per heavy atom. The quantitative estimate of drug-likeness (QED) is 0.769. The minimum Gasteiger partial charge on any atom is -0.278 e. The fraction of sp³-hybridized carbons (Fsp3) is 0.118. The summed E-state index contributed by atoms with van der Waals surface area (Å²) in [6.07, 6.45) is 6.79. The third-order valence-electron chi connectivity index (χ3n) is 3.52. The zero-order valence-corrected chi connectivity index (χ0v) is 11.7. The highest BCUT2D eigenvalue weighted by Gasteiger charge is 2.05. The van der Waals surface area contributed by atoms with Crippen LogP contribution in [0.4, 0.5) is 0 Å². The third kappa shape index (κ3) is 2.89. The van der Waals surface area contributed by atoms with Crippen molar-refractivity contribution in [3.05, 3.63) is 67.4 Å². The first-order chi connectivity index (χ1) is 10.2. The third-order valence-corrected chi connectivity index (χ3v) is 3.52. The van der Waals surface area contributed by atoms with Crippen LogP contribution in [0.15, 0.2) is 56.1 Å². The van der Waals surface area contributed by atoms with Gasteiger partial charge in [-0.3, -0.25) is 5.10 Å². The molecule has 0 fully saturated rings. The number of rotatable bonds is 5. The normalized spacial score (nSPS) is 10.7. The molecule has 4 nitrogen and oxygen atoms in total. The smallest absolute Gasteiger partial charge is 0.116 e. The Hall–Kier alpha value is -2.75. The van der Waals surface area contributed by atoms with Crippen molar-refractivity contribution in [2.24, 2.45) is 0 Å². The number of nitrogens with one attached hydrogen (secondary N) is 1. The van der Waals surface area contributed by atoms with E-state index < -0.39 is 0 Å². The summed E-state index contributed by atoms with van der Waals surface area (Å²) in [5.74, 6) is 0. The predicted octanol–water partition coefficient (Wildman–Crippen LogP) is 3.86. The molecule has 0 unspecified atom stereocenters. The summed E-state index contributed by atoms with van der Waals surface area (Å²) in [6.45, 7) is 8.26. The number of aromatic amines is 1. The van der Waals surface area contributed by atoms with Gasteiger partial charge < -0.3 is 0 Å². The van der Waals surface area contributed by atoms with Gasteiger partial charge in [0.05, 0.1) is 17.4 Å². The monoisotopic (exact) mass is 276 g/mol. The van der Waals surface area contributed by atoms with Crippen LogP contribution in [0.1, 0.15) is 24.1 Å². The SMILES string of the molecule is C=C(CCC(=C)c1ccncn1)c1ccc2[nH]ncc2c1. The van der Waals surface area contributed by atoms with E-state index in [1.54, 1.807) is 12.5 Å². The highest BCUT2D eigenvalue weighted by atomic mass is 15.1. The van der Waals surface area contributed by atoms with Crippen LogP contribution in [0.2, 0.25) is 0 Å². The standard InChI is InChI=1S/C17H16N4/c1-12(3-4-13(2)16-7-8-18-11-19-16)14-5-6-17-15(9-14)10-20-21-17/h5-11H,1-4H2,(H,20,21). The van der Waals surface area contributed by atoms with E-state index in [1.165, 1.54) is 0 Å². The molecule has 0 aliphatic heterocycles. The maximum atomic E-state index is 4.21. The summed E-state index contributed by atoms with van der Waals surface area (Å²) in [5, 5.41) is 8.08. The number of allylic oxidation sites excluding steroid dienone is 2. The van der Waals surface area contributed by atoms with Crippen LogP contribution in [-0.2, 0) is 0 Å². The molecule has 2 heterocycles. The van der Waals surface area contributed by atoms with Gasteiger partial charge in [0, 0.05) is 11.6 Å². The minimum absolute atomic E-state index is 0.833. The van der Waals surface area contributed by atoms with Gasteiger partial charge in [-0.15, -0.1) is 0 Å². The van der Waals surface area contributed by atoms with Gasteiger partial charge in [0.25, 0.3) is 0 Å². The first-order valence-corrected chi connectivity index (χ1v) is 6.79. The number of fused-ring (bicyclic) bond motifs is 1. The van der Waals surface area contributed by atoms with Gasteiger partial charge >= 0.3 is 0 Å². The summed E-state index contributed by atoms with van der Waals surface area (Å²) in [5.41, 5.74) is 5.16. The van der Waals surface area contributed by atoms with Crippen molar-refractivity contribution in [2.75, 3.05) is 0 Å². The van der Waals surface area contributed by atoms with Crippen molar-refractivity contribution in [1.29, 1.82) is 0 Å². The molecule has 21 heavy (non-hydrogen) atoms. The van der Waals surface area contributed by atoms with E-state index in [0.717, 1.165) is 46.1 Å². The van der Waals surface area contributed by atoms with Gasteiger partial charge in [-0.1, -0.05) is 19.2 Å². The lowest BCUT2D eigenvalue weighted by molar-refractivity contribution is 1.06. The van der Waals surface area contributed by atoms with Crippen LogP contribution in [-0.4, -0.2) is 20.2 Å². The largest absolute Gasteiger partial charge is 0.278 e. The second-order valence-electron chi connectivity index (χ2n) is 4.97. The van der Waals surface area contributed by atoms with E-state index in [0.29, 0.717) is 0 Å². The molecule has 4 heteroatoms. The second kappa shape index (κ2) is 5.71. The van der Waals surface area contributed by atoms with E-state index in [2.05, 4.69) is 45.5 Å². The molecule has 0 saturated carbocycles. The van der Waals surface area contributed by atoms with Crippen molar-refractivity contribution >= 4 is 22.0 Å². The maximum Gasteiger partial charge on any atom is 0.116 e. The van der Waals surface area contributed by atoms with Gasteiger partial charge in [0.2, 0.25) is 0 Å². The molecule has 104 valence electrons. The molecule has 0 amide bonds. The summed E-state index contributed by atoms with van der Waals surface area (Å²) >= 11 is 0. The number of benzene rings is 1. The topological polar surface area (TPSA) is 54.5 Å². The molecule has 0 aliphatic rings. The Labute approximate surface area is 123 Å². The molecule has 0 aliphatic carbocycles. The molecule has 3 aromatic rings. The number of H-pyrrole nitrogens is 1. The average molecular weight is 276 g/mol. The molecule has 0 radical (unpaired) electrons.